The maximum absolute atomic E-state index is 13.4. The predicted molar refractivity (Wildman–Crippen MR) is 113 cm³/mol. The van der Waals surface area contributed by atoms with Gasteiger partial charge in [0.25, 0.3) is 5.91 Å². The number of amides is 1. The van der Waals surface area contributed by atoms with Crippen molar-refractivity contribution < 1.29 is 14.3 Å². The van der Waals surface area contributed by atoms with Gasteiger partial charge in [-0.25, -0.2) is 0 Å². The van der Waals surface area contributed by atoms with E-state index in [0.717, 1.165) is 22.1 Å². The monoisotopic (exact) mass is 428 g/mol. The Kier molecular flexibility index (Phi) is 5.42. The van der Waals surface area contributed by atoms with Gasteiger partial charge < -0.3 is 18.9 Å². The molecule has 158 valence electrons. The molecule has 10 heteroatoms. The fourth-order valence-corrected chi connectivity index (χ4v) is 4.35. The number of hydrogen-bond acceptors (Lipinski definition) is 7. The lowest BCUT2D eigenvalue weighted by atomic mass is 10.0. The minimum atomic E-state index is -0.103. The molecule has 1 aliphatic heterocycles. The van der Waals surface area contributed by atoms with E-state index >= 15 is 0 Å². The Hall–Kier alpha value is -3.01. The standard InChI is InChI=1S/C20H24N6O3S/c1-24-18(21-22-20(24)30-5)16-13-11-26(10-9-14(13)25(2)23-16)19(27)12-7-6-8-15(28-3)17(12)29-4/h6-8H,9-11H2,1-5H3. The van der Waals surface area contributed by atoms with Crippen LogP contribution in [-0.4, -0.2) is 62.4 Å². The van der Waals surface area contributed by atoms with Crippen molar-refractivity contribution in [1.82, 2.24) is 29.4 Å². The van der Waals surface area contributed by atoms with E-state index in [1.165, 1.54) is 11.8 Å². The van der Waals surface area contributed by atoms with Gasteiger partial charge in [-0.05, 0) is 18.4 Å². The van der Waals surface area contributed by atoms with Gasteiger partial charge in [0.15, 0.2) is 22.5 Å². The number of aryl methyl sites for hydroxylation is 1. The second kappa shape index (κ2) is 8.02. The fraction of sp³-hybridized carbons (Fsp3) is 0.400. The third-order valence-corrected chi connectivity index (χ3v) is 6.11. The Morgan fingerprint density at radius 1 is 1.17 bits per heavy atom. The highest BCUT2D eigenvalue weighted by molar-refractivity contribution is 7.98. The van der Waals surface area contributed by atoms with E-state index in [0.29, 0.717) is 42.4 Å². The second-order valence-corrected chi connectivity index (χ2v) is 7.76. The van der Waals surface area contributed by atoms with Crippen LogP contribution in [0, 0.1) is 0 Å². The molecule has 0 bridgehead atoms. The van der Waals surface area contributed by atoms with Crippen LogP contribution in [0.5, 0.6) is 11.5 Å². The Balaban J connectivity index is 1.70. The van der Waals surface area contributed by atoms with Gasteiger partial charge in [-0.3, -0.25) is 9.48 Å². The molecule has 0 unspecified atom stereocenters. The fourth-order valence-electron chi connectivity index (χ4n) is 3.87. The van der Waals surface area contributed by atoms with Gasteiger partial charge in [-0.15, -0.1) is 10.2 Å². The van der Waals surface area contributed by atoms with Gasteiger partial charge in [0.2, 0.25) is 0 Å². The third-order valence-electron chi connectivity index (χ3n) is 5.39. The first-order chi connectivity index (χ1) is 14.5. The molecule has 1 aliphatic rings. The zero-order chi connectivity index (χ0) is 21.4. The summed E-state index contributed by atoms with van der Waals surface area (Å²) in [7, 11) is 6.95. The minimum absolute atomic E-state index is 0.103. The number of ether oxygens (including phenoxy) is 2. The number of methoxy groups -OCH3 is 2. The first-order valence-corrected chi connectivity index (χ1v) is 10.7. The Morgan fingerprint density at radius 3 is 2.63 bits per heavy atom. The highest BCUT2D eigenvalue weighted by atomic mass is 32.2. The number of carbonyl (C=O) groups is 1. The summed E-state index contributed by atoms with van der Waals surface area (Å²) in [5, 5.41) is 14.1. The number of nitrogens with zero attached hydrogens (tertiary/aromatic N) is 6. The molecule has 9 nitrogen and oxygen atoms in total. The van der Waals surface area contributed by atoms with Gasteiger partial charge in [0.05, 0.1) is 26.3 Å². The average molecular weight is 429 g/mol. The van der Waals surface area contributed by atoms with Crippen LogP contribution in [-0.2, 0) is 27.1 Å². The van der Waals surface area contributed by atoms with Crippen LogP contribution in [0.1, 0.15) is 21.6 Å². The highest BCUT2D eigenvalue weighted by Gasteiger charge is 2.31. The van der Waals surface area contributed by atoms with Gasteiger partial charge >= 0.3 is 0 Å². The van der Waals surface area contributed by atoms with Crippen LogP contribution >= 0.6 is 11.8 Å². The summed E-state index contributed by atoms with van der Waals surface area (Å²) in [4.78, 5) is 15.2. The van der Waals surface area contributed by atoms with Crippen LogP contribution in [0.4, 0.5) is 0 Å². The number of rotatable bonds is 5. The van der Waals surface area contributed by atoms with Crippen molar-refractivity contribution in [2.45, 2.75) is 18.1 Å². The zero-order valence-corrected chi connectivity index (χ0v) is 18.5. The predicted octanol–water partition coefficient (Wildman–Crippen LogP) is 2.15. The minimum Gasteiger partial charge on any atom is -0.493 e. The first-order valence-electron chi connectivity index (χ1n) is 9.48. The normalized spacial score (nSPS) is 13.3. The van der Waals surface area contributed by atoms with Crippen molar-refractivity contribution in [1.29, 1.82) is 0 Å². The van der Waals surface area contributed by atoms with E-state index in [1.807, 2.05) is 34.5 Å². The van der Waals surface area contributed by atoms with E-state index in [2.05, 4.69) is 10.2 Å². The van der Waals surface area contributed by atoms with Crippen molar-refractivity contribution in [3.63, 3.8) is 0 Å². The Labute approximate surface area is 179 Å². The molecule has 4 rings (SSSR count). The summed E-state index contributed by atoms with van der Waals surface area (Å²) in [5.74, 6) is 1.57. The summed E-state index contributed by atoms with van der Waals surface area (Å²) in [6, 6.07) is 5.33. The Morgan fingerprint density at radius 2 is 1.97 bits per heavy atom. The molecule has 1 aromatic carbocycles. The summed E-state index contributed by atoms with van der Waals surface area (Å²) in [6.07, 6.45) is 2.67. The molecule has 30 heavy (non-hydrogen) atoms. The van der Waals surface area contributed by atoms with Crippen LogP contribution in [0.3, 0.4) is 0 Å². The van der Waals surface area contributed by atoms with Crippen LogP contribution < -0.4 is 9.47 Å². The number of benzene rings is 1. The number of carbonyl (C=O) groups excluding carboxylic acids is 1. The lowest BCUT2D eigenvalue weighted by Gasteiger charge is -2.28. The van der Waals surface area contributed by atoms with Gasteiger partial charge in [0, 0.05) is 38.3 Å². The molecule has 0 saturated carbocycles. The van der Waals surface area contributed by atoms with E-state index in [9.17, 15) is 4.79 Å². The number of aromatic nitrogens is 5. The SMILES string of the molecule is COc1cccc(C(=O)N2CCc3c(c(-c4nnc(SC)n4C)nn3C)C2)c1OC. The number of hydrogen-bond donors (Lipinski definition) is 0. The quantitative estimate of drug-likeness (QED) is 0.576. The molecule has 0 radical (unpaired) electrons. The molecule has 0 aliphatic carbocycles. The van der Waals surface area contributed by atoms with Crippen LogP contribution in [0.2, 0.25) is 0 Å². The van der Waals surface area contributed by atoms with Crippen molar-refractivity contribution in [2.75, 3.05) is 27.0 Å². The van der Waals surface area contributed by atoms with Gasteiger partial charge in [0.1, 0.15) is 5.69 Å². The van der Waals surface area contributed by atoms with Crippen molar-refractivity contribution in [3.8, 4) is 23.0 Å². The molecule has 0 N–H and O–H groups in total. The first kappa shape index (κ1) is 20.3. The number of thioether (sulfide) groups is 1. The van der Waals surface area contributed by atoms with E-state index < -0.39 is 0 Å². The number of fused-ring (bicyclic) bond motifs is 1. The molecular formula is C20H24N6O3S. The second-order valence-electron chi connectivity index (χ2n) is 6.98. The average Bonchev–Trinajstić information content (AvgIpc) is 3.31. The molecule has 1 amide bonds. The van der Waals surface area contributed by atoms with Crippen LogP contribution in [0.15, 0.2) is 23.4 Å². The maximum atomic E-state index is 13.4. The van der Waals surface area contributed by atoms with Gasteiger partial charge in [-0.1, -0.05) is 17.8 Å². The smallest absolute Gasteiger partial charge is 0.258 e. The van der Waals surface area contributed by atoms with Crippen molar-refractivity contribution >= 4 is 17.7 Å². The zero-order valence-electron chi connectivity index (χ0n) is 17.7. The lowest BCUT2D eigenvalue weighted by molar-refractivity contribution is 0.0729. The molecular weight excluding hydrogens is 404 g/mol. The summed E-state index contributed by atoms with van der Waals surface area (Å²) in [5.41, 5.74) is 3.36. The van der Waals surface area contributed by atoms with E-state index in [1.54, 1.807) is 32.4 Å². The summed E-state index contributed by atoms with van der Waals surface area (Å²) < 4.78 is 14.6. The molecule has 0 saturated heterocycles. The molecule has 3 heterocycles. The van der Waals surface area contributed by atoms with Crippen LogP contribution in [0.25, 0.3) is 11.5 Å². The highest BCUT2D eigenvalue weighted by Crippen LogP contribution is 2.34. The maximum Gasteiger partial charge on any atom is 0.258 e. The summed E-state index contributed by atoms with van der Waals surface area (Å²) >= 11 is 1.53. The molecule has 0 fully saturated rings. The lowest BCUT2D eigenvalue weighted by Crippen LogP contribution is -2.36. The number of para-hydroxylation sites is 1. The molecule has 3 aromatic rings. The topological polar surface area (TPSA) is 87.3 Å². The molecule has 2 aromatic heterocycles. The largest absolute Gasteiger partial charge is 0.493 e. The van der Waals surface area contributed by atoms with E-state index in [-0.39, 0.29) is 5.91 Å². The van der Waals surface area contributed by atoms with Crippen molar-refractivity contribution in [2.24, 2.45) is 14.1 Å². The third kappa shape index (κ3) is 3.20. The molecule has 0 atom stereocenters. The van der Waals surface area contributed by atoms with E-state index in [4.69, 9.17) is 14.6 Å². The summed E-state index contributed by atoms with van der Waals surface area (Å²) in [6.45, 7) is 1.04. The van der Waals surface area contributed by atoms with Crippen molar-refractivity contribution in [3.05, 3.63) is 35.0 Å². The Bertz CT molecular complexity index is 1110. The van der Waals surface area contributed by atoms with Gasteiger partial charge in [-0.2, -0.15) is 5.10 Å². The molecule has 0 spiro atoms.